The number of carboxylic acid groups (broad SMARTS) is 1. The van der Waals surface area contributed by atoms with E-state index in [0.29, 0.717) is 19.8 Å². The van der Waals surface area contributed by atoms with Crippen LogP contribution in [-0.4, -0.2) is 22.0 Å². The van der Waals surface area contributed by atoms with E-state index in [1.807, 2.05) is 0 Å². The van der Waals surface area contributed by atoms with E-state index in [9.17, 15) is 14.7 Å². The van der Waals surface area contributed by atoms with Gasteiger partial charge < -0.3 is 16.2 Å². The van der Waals surface area contributed by atoms with E-state index < -0.39 is 5.97 Å². The maximum Gasteiger partial charge on any atom is 0.337 e. The molecule has 0 unspecified atom stereocenters. The minimum atomic E-state index is -1.13. The van der Waals surface area contributed by atoms with Gasteiger partial charge in [0.15, 0.2) is 5.13 Å². The molecule has 21 heavy (non-hydrogen) atoms. The summed E-state index contributed by atoms with van der Waals surface area (Å²) < 4.78 is 1.07. The predicted molar refractivity (Wildman–Crippen MR) is 87.7 cm³/mol. The van der Waals surface area contributed by atoms with E-state index >= 15 is 0 Å². The van der Waals surface area contributed by atoms with Crippen molar-refractivity contribution in [3.8, 4) is 0 Å². The summed E-state index contributed by atoms with van der Waals surface area (Å²) in [7, 11) is 0. The van der Waals surface area contributed by atoms with Gasteiger partial charge in [0, 0.05) is 14.3 Å². The molecular formula is C12H9Br2N3O3S. The predicted octanol–water partition coefficient (Wildman–Crippen LogP) is 3.13. The maximum atomic E-state index is 12.0. The summed E-state index contributed by atoms with van der Waals surface area (Å²) in [5.74, 6) is -1.50. The number of carboxylic acids is 1. The summed E-state index contributed by atoms with van der Waals surface area (Å²) in [4.78, 5) is 27.2. The van der Waals surface area contributed by atoms with E-state index in [4.69, 9.17) is 5.73 Å². The number of nitrogens with zero attached hydrogens (tertiary/aromatic N) is 1. The highest BCUT2D eigenvalue weighted by Gasteiger charge is 2.17. The summed E-state index contributed by atoms with van der Waals surface area (Å²) in [6.45, 7) is 0. The van der Waals surface area contributed by atoms with Crippen LogP contribution in [0.3, 0.4) is 0 Å². The van der Waals surface area contributed by atoms with Gasteiger partial charge in [-0.25, -0.2) is 9.78 Å². The summed E-state index contributed by atoms with van der Waals surface area (Å²) in [5, 5.41) is 13.8. The van der Waals surface area contributed by atoms with Crippen molar-refractivity contribution < 1.29 is 14.7 Å². The zero-order chi connectivity index (χ0) is 15.6. The van der Waals surface area contributed by atoms with Gasteiger partial charge in [-0.15, -0.1) is 11.3 Å². The number of aromatic carboxylic acids is 1. The first kappa shape index (κ1) is 15.9. The average Bonchev–Trinajstić information content (AvgIpc) is 2.77. The Labute approximate surface area is 140 Å². The minimum absolute atomic E-state index is 0.0117. The number of nitrogen functional groups attached to an aromatic ring is 1. The molecular weight excluding hydrogens is 426 g/mol. The Morgan fingerprint density at radius 3 is 2.67 bits per heavy atom. The Hall–Kier alpha value is -1.45. The summed E-state index contributed by atoms with van der Waals surface area (Å²) in [6, 6.07) is 3.08. The number of hydrogen-bond donors (Lipinski definition) is 3. The molecule has 0 bridgehead atoms. The number of thiazole rings is 1. The number of nitrogens with one attached hydrogen (secondary N) is 1. The quantitative estimate of drug-likeness (QED) is 0.685. The Morgan fingerprint density at radius 1 is 1.38 bits per heavy atom. The lowest BCUT2D eigenvalue weighted by molar-refractivity contribution is -0.115. The number of rotatable bonds is 4. The van der Waals surface area contributed by atoms with Crippen molar-refractivity contribution in [1.29, 1.82) is 0 Å². The molecule has 0 saturated heterocycles. The number of benzene rings is 1. The molecule has 0 atom stereocenters. The van der Waals surface area contributed by atoms with Crippen LogP contribution < -0.4 is 11.1 Å². The third-order valence-electron chi connectivity index (χ3n) is 2.46. The topological polar surface area (TPSA) is 105 Å². The average molecular weight is 435 g/mol. The number of amides is 1. The number of anilines is 2. The molecule has 1 amide bonds. The van der Waals surface area contributed by atoms with E-state index in [-0.39, 0.29) is 23.6 Å². The van der Waals surface area contributed by atoms with Gasteiger partial charge in [-0.05, 0) is 28.1 Å². The Kier molecular flexibility index (Phi) is 4.96. The maximum absolute atomic E-state index is 12.0. The highest BCUT2D eigenvalue weighted by Crippen LogP contribution is 2.31. The van der Waals surface area contributed by atoms with Crippen LogP contribution in [0.4, 0.5) is 10.8 Å². The molecule has 110 valence electrons. The smallest absolute Gasteiger partial charge is 0.337 e. The van der Waals surface area contributed by atoms with Crippen LogP contribution in [0, 0.1) is 0 Å². The van der Waals surface area contributed by atoms with Crippen molar-refractivity contribution in [3.63, 3.8) is 0 Å². The zero-order valence-corrected chi connectivity index (χ0v) is 14.4. The van der Waals surface area contributed by atoms with Crippen LogP contribution in [0.5, 0.6) is 0 Å². The fourth-order valence-corrected chi connectivity index (χ4v) is 3.51. The molecule has 0 aliphatic heterocycles. The molecule has 2 rings (SSSR count). The molecule has 0 aliphatic carbocycles. The molecule has 6 nitrogen and oxygen atoms in total. The molecule has 0 radical (unpaired) electrons. The van der Waals surface area contributed by atoms with E-state index in [1.165, 1.54) is 17.4 Å². The van der Waals surface area contributed by atoms with Crippen molar-refractivity contribution in [2.24, 2.45) is 0 Å². The molecule has 0 saturated carbocycles. The standard InChI is InChI=1S/C12H9Br2N3O3S/c13-5-1-7(11(19)20)10(8(14)2-5)17-9(18)3-6-4-21-12(15)16-6/h1-2,4H,3H2,(H2,15,16)(H,17,18)(H,19,20). The zero-order valence-electron chi connectivity index (χ0n) is 10.4. The van der Waals surface area contributed by atoms with Crippen LogP contribution >= 0.6 is 43.2 Å². The van der Waals surface area contributed by atoms with Gasteiger partial charge in [-0.3, -0.25) is 4.79 Å². The van der Waals surface area contributed by atoms with Gasteiger partial charge >= 0.3 is 5.97 Å². The molecule has 0 aliphatic rings. The van der Waals surface area contributed by atoms with Crippen molar-refractivity contribution in [1.82, 2.24) is 4.98 Å². The lowest BCUT2D eigenvalue weighted by atomic mass is 10.1. The van der Waals surface area contributed by atoms with Crippen molar-refractivity contribution in [2.45, 2.75) is 6.42 Å². The van der Waals surface area contributed by atoms with Crippen LogP contribution in [-0.2, 0) is 11.2 Å². The fraction of sp³-hybridized carbons (Fsp3) is 0.0833. The summed E-state index contributed by atoms with van der Waals surface area (Å²) in [5.41, 5.74) is 6.23. The Bertz CT molecular complexity index is 718. The number of halogens is 2. The SMILES string of the molecule is Nc1nc(CC(=O)Nc2c(Br)cc(Br)cc2C(=O)O)cs1. The van der Waals surface area contributed by atoms with Crippen LogP contribution in [0.15, 0.2) is 26.5 Å². The summed E-state index contributed by atoms with van der Waals surface area (Å²) in [6.07, 6.45) is 0.0231. The molecule has 1 heterocycles. The van der Waals surface area contributed by atoms with Crippen LogP contribution in [0.25, 0.3) is 0 Å². The first-order chi connectivity index (χ1) is 9.86. The van der Waals surface area contributed by atoms with Gasteiger partial charge in [-0.2, -0.15) is 0 Å². The number of carbonyl (C=O) groups is 2. The van der Waals surface area contributed by atoms with Gasteiger partial charge in [0.1, 0.15) is 0 Å². The fourth-order valence-electron chi connectivity index (χ4n) is 1.62. The number of hydrogen-bond acceptors (Lipinski definition) is 5. The van der Waals surface area contributed by atoms with Gasteiger partial charge in [-0.1, -0.05) is 15.9 Å². The monoisotopic (exact) mass is 433 g/mol. The second-order valence-electron chi connectivity index (χ2n) is 4.02. The van der Waals surface area contributed by atoms with Gasteiger partial charge in [0.2, 0.25) is 5.91 Å². The largest absolute Gasteiger partial charge is 0.478 e. The number of aromatic nitrogens is 1. The molecule has 0 fully saturated rings. The molecule has 1 aromatic heterocycles. The normalized spacial score (nSPS) is 10.4. The second kappa shape index (κ2) is 6.54. The van der Waals surface area contributed by atoms with Crippen LogP contribution in [0.1, 0.15) is 16.1 Å². The molecule has 1 aromatic carbocycles. The highest BCUT2D eigenvalue weighted by molar-refractivity contribution is 9.11. The van der Waals surface area contributed by atoms with Crippen molar-refractivity contribution in [3.05, 3.63) is 37.7 Å². The summed E-state index contributed by atoms with van der Waals surface area (Å²) >= 11 is 7.70. The Morgan fingerprint density at radius 2 is 2.10 bits per heavy atom. The lowest BCUT2D eigenvalue weighted by Gasteiger charge is -2.11. The first-order valence-electron chi connectivity index (χ1n) is 5.59. The second-order valence-corrected chi connectivity index (χ2v) is 6.68. The third kappa shape index (κ3) is 4.02. The van der Waals surface area contributed by atoms with E-state index in [2.05, 4.69) is 42.2 Å². The van der Waals surface area contributed by atoms with Crippen molar-refractivity contribution in [2.75, 3.05) is 11.1 Å². The Balaban J connectivity index is 2.22. The highest BCUT2D eigenvalue weighted by atomic mass is 79.9. The molecule has 4 N–H and O–H groups in total. The van der Waals surface area contributed by atoms with Gasteiger partial charge in [0.25, 0.3) is 0 Å². The number of nitrogens with two attached hydrogens (primary N) is 1. The molecule has 9 heteroatoms. The van der Waals surface area contributed by atoms with E-state index in [1.54, 1.807) is 11.4 Å². The minimum Gasteiger partial charge on any atom is -0.478 e. The van der Waals surface area contributed by atoms with Crippen LogP contribution in [0.2, 0.25) is 0 Å². The molecule has 2 aromatic rings. The lowest BCUT2D eigenvalue weighted by Crippen LogP contribution is -2.17. The van der Waals surface area contributed by atoms with E-state index in [0.717, 1.165) is 0 Å². The first-order valence-corrected chi connectivity index (χ1v) is 8.05. The molecule has 0 spiro atoms. The third-order valence-corrected chi connectivity index (χ3v) is 4.27. The van der Waals surface area contributed by atoms with Gasteiger partial charge in [0.05, 0.1) is 23.4 Å². The van der Waals surface area contributed by atoms with Crippen molar-refractivity contribution >= 4 is 65.9 Å². The number of carbonyl (C=O) groups excluding carboxylic acids is 1.